The number of benzene rings is 1. The van der Waals surface area contributed by atoms with Crippen LogP contribution in [0.4, 0.5) is 0 Å². The van der Waals surface area contributed by atoms with Crippen LogP contribution >= 0.6 is 0 Å². The Bertz CT molecular complexity index is 841. The zero-order valence-corrected chi connectivity index (χ0v) is 17.1. The second-order valence-corrected chi connectivity index (χ2v) is 8.11. The number of methoxy groups -OCH3 is 1. The highest BCUT2D eigenvalue weighted by Crippen LogP contribution is 2.46. The lowest BCUT2D eigenvalue weighted by Crippen LogP contribution is -2.62. The number of ether oxygens (including phenoxy) is 1. The zero-order valence-electron chi connectivity index (χ0n) is 17.1. The van der Waals surface area contributed by atoms with Crippen molar-refractivity contribution in [2.75, 3.05) is 26.8 Å². The van der Waals surface area contributed by atoms with Gasteiger partial charge in [-0.2, -0.15) is 0 Å². The molecule has 0 bridgehead atoms. The molecule has 5 nitrogen and oxygen atoms in total. The highest BCUT2D eigenvalue weighted by atomic mass is 16.5. The summed E-state index contributed by atoms with van der Waals surface area (Å²) in [5.74, 6) is 5.20. The topological polar surface area (TPSA) is 63.7 Å². The summed E-state index contributed by atoms with van der Waals surface area (Å²) < 4.78 is 4.95. The summed E-state index contributed by atoms with van der Waals surface area (Å²) in [4.78, 5) is 39.8. The van der Waals surface area contributed by atoms with Crippen LogP contribution in [0.25, 0.3) is 0 Å². The number of rotatable bonds is 4. The predicted octanol–water partition coefficient (Wildman–Crippen LogP) is 2.56. The van der Waals surface area contributed by atoms with Crippen molar-refractivity contribution in [1.29, 1.82) is 0 Å². The molecule has 2 aliphatic rings. The molecule has 0 unspecified atom stereocenters. The van der Waals surface area contributed by atoms with E-state index < -0.39 is 5.92 Å². The van der Waals surface area contributed by atoms with Gasteiger partial charge in [0.1, 0.15) is 17.5 Å². The van der Waals surface area contributed by atoms with E-state index in [0.717, 1.165) is 22.3 Å². The Labute approximate surface area is 166 Å². The molecule has 148 valence electrons. The van der Waals surface area contributed by atoms with Gasteiger partial charge < -0.3 is 9.64 Å². The van der Waals surface area contributed by atoms with Crippen LogP contribution in [-0.2, 0) is 19.1 Å². The number of amides is 1. The number of carbonyl (C=O) groups is 3. The van der Waals surface area contributed by atoms with E-state index in [2.05, 4.69) is 11.8 Å². The van der Waals surface area contributed by atoms with Crippen molar-refractivity contribution in [3.05, 3.63) is 34.4 Å². The second kappa shape index (κ2) is 7.89. The Morgan fingerprint density at radius 1 is 1.18 bits per heavy atom. The van der Waals surface area contributed by atoms with Gasteiger partial charge in [0, 0.05) is 44.0 Å². The highest BCUT2D eigenvalue weighted by molar-refractivity contribution is 6.11. The number of nitrogens with zero attached hydrogens (tertiary/aromatic N) is 1. The Balaban J connectivity index is 1.75. The molecular formula is C23H27NO4. The van der Waals surface area contributed by atoms with E-state index in [1.165, 1.54) is 0 Å². The largest absolute Gasteiger partial charge is 0.384 e. The minimum Gasteiger partial charge on any atom is -0.384 e. The quantitative estimate of drug-likeness (QED) is 0.594. The Kier molecular flexibility index (Phi) is 5.71. The smallest absolute Gasteiger partial charge is 0.224 e. The monoisotopic (exact) mass is 381 g/mol. The van der Waals surface area contributed by atoms with Crippen LogP contribution in [0.5, 0.6) is 0 Å². The second-order valence-electron chi connectivity index (χ2n) is 8.11. The first-order chi connectivity index (χ1) is 13.3. The zero-order chi connectivity index (χ0) is 20.5. The van der Waals surface area contributed by atoms with E-state index >= 15 is 0 Å². The highest BCUT2D eigenvalue weighted by Gasteiger charge is 2.53. The van der Waals surface area contributed by atoms with Crippen LogP contribution in [0, 0.1) is 31.1 Å². The van der Waals surface area contributed by atoms with Crippen molar-refractivity contribution in [2.45, 2.75) is 46.0 Å². The first kappa shape index (κ1) is 20.3. The van der Waals surface area contributed by atoms with Crippen molar-refractivity contribution in [3.8, 4) is 11.8 Å². The molecule has 1 aromatic rings. The molecular weight excluding hydrogens is 354 g/mol. The first-order valence-electron chi connectivity index (χ1n) is 9.66. The number of aryl methyl sites for hydroxylation is 2. The number of hydrogen-bond donors (Lipinski definition) is 0. The van der Waals surface area contributed by atoms with Gasteiger partial charge in [0.2, 0.25) is 5.91 Å². The third-order valence-electron chi connectivity index (χ3n) is 5.82. The molecule has 1 saturated carbocycles. The number of hydrogen-bond acceptors (Lipinski definition) is 4. The van der Waals surface area contributed by atoms with Crippen LogP contribution < -0.4 is 0 Å². The van der Waals surface area contributed by atoms with E-state index in [9.17, 15) is 14.4 Å². The van der Waals surface area contributed by atoms with Gasteiger partial charge in [0.25, 0.3) is 0 Å². The van der Waals surface area contributed by atoms with E-state index in [-0.39, 0.29) is 22.9 Å². The van der Waals surface area contributed by atoms with Crippen LogP contribution in [0.2, 0.25) is 0 Å². The van der Waals surface area contributed by atoms with Gasteiger partial charge in [-0.25, -0.2) is 0 Å². The Morgan fingerprint density at radius 2 is 1.75 bits per heavy atom. The third kappa shape index (κ3) is 3.74. The minimum atomic E-state index is -0.687. The fraction of sp³-hybridized carbons (Fsp3) is 0.522. The maximum Gasteiger partial charge on any atom is 0.224 e. The average molecular weight is 381 g/mol. The standard InChI is InChI=1S/C23H27NO4/c1-5-6-17-9-15(2)21(16(3)10-17)22-18(25)11-23(12-19(22)26)13-24(14-23)20(27)7-8-28-4/h9-10,22H,7-8,11-14H2,1-4H3. The molecule has 5 heteroatoms. The molecule has 1 aliphatic heterocycles. The van der Waals surface area contributed by atoms with Gasteiger partial charge in [-0.1, -0.05) is 5.92 Å². The summed E-state index contributed by atoms with van der Waals surface area (Å²) in [5, 5.41) is 0. The van der Waals surface area contributed by atoms with Crippen LogP contribution in [0.15, 0.2) is 12.1 Å². The van der Waals surface area contributed by atoms with Gasteiger partial charge in [-0.3, -0.25) is 14.4 Å². The molecule has 2 fully saturated rings. The Morgan fingerprint density at radius 3 is 2.25 bits per heavy atom. The van der Waals surface area contributed by atoms with E-state index in [1.807, 2.05) is 26.0 Å². The minimum absolute atomic E-state index is 0.0220. The van der Waals surface area contributed by atoms with Crippen molar-refractivity contribution in [1.82, 2.24) is 4.90 Å². The molecule has 1 amide bonds. The first-order valence-corrected chi connectivity index (χ1v) is 9.66. The molecule has 0 atom stereocenters. The van der Waals surface area contributed by atoms with Crippen molar-refractivity contribution >= 4 is 17.5 Å². The van der Waals surface area contributed by atoms with Gasteiger partial charge in [-0.15, -0.1) is 5.92 Å². The van der Waals surface area contributed by atoms with Gasteiger partial charge in [0.15, 0.2) is 0 Å². The number of likely N-dealkylation sites (tertiary alicyclic amines) is 1. The number of Topliss-reactive ketones (excluding diaryl/α,β-unsaturated/α-hetero) is 2. The number of carbonyl (C=O) groups excluding carboxylic acids is 3. The number of ketones is 2. The molecule has 0 radical (unpaired) electrons. The van der Waals surface area contributed by atoms with E-state index in [4.69, 9.17) is 4.74 Å². The molecule has 1 aliphatic carbocycles. The van der Waals surface area contributed by atoms with Crippen LogP contribution in [-0.4, -0.2) is 49.2 Å². The predicted molar refractivity (Wildman–Crippen MR) is 106 cm³/mol. The van der Waals surface area contributed by atoms with Crippen molar-refractivity contribution in [2.24, 2.45) is 5.41 Å². The summed E-state index contributed by atoms with van der Waals surface area (Å²) in [5.41, 5.74) is 3.23. The molecule has 0 N–H and O–H groups in total. The van der Waals surface area contributed by atoms with Gasteiger partial charge in [0.05, 0.1) is 13.0 Å². The van der Waals surface area contributed by atoms with Crippen LogP contribution in [0.1, 0.15) is 54.4 Å². The SMILES string of the molecule is CC#Cc1cc(C)c(C2C(=O)CC3(CC2=O)CN(C(=O)CCOC)C3)c(C)c1. The van der Waals surface area contributed by atoms with E-state index in [1.54, 1.807) is 18.9 Å². The summed E-state index contributed by atoms with van der Waals surface area (Å²) in [6.07, 6.45) is 1.04. The third-order valence-corrected chi connectivity index (χ3v) is 5.82. The normalized spacial score (nSPS) is 18.6. The Hall–Kier alpha value is -2.45. The fourth-order valence-corrected chi connectivity index (χ4v) is 4.66. The molecule has 3 rings (SSSR count). The summed E-state index contributed by atoms with van der Waals surface area (Å²) >= 11 is 0. The molecule has 1 heterocycles. The lowest BCUT2D eigenvalue weighted by Gasteiger charge is -2.52. The van der Waals surface area contributed by atoms with Crippen LogP contribution in [0.3, 0.4) is 0 Å². The van der Waals surface area contributed by atoms with Gasteiger partial charge >= 0.3 is 0 Å². The lowest BCUT2D eigenvalue weighted by atomic mass is 9.63. The molecule has 28 heavy (non-hydrogen) atoms. The summed E-state index contributed by atoms with van der Waals surface area (Å²) in [7, 11) is 1.56. The van der Waals surface area contributed by atoms with Crippen molar-refractivity contribution < 1.29 is 19.1 Å². The molecule has 1 saturated heterocycles. The average Bonchev–Trinajstić information content (AvgIpc) is 2.59. The molecule has 1 spiro atoms. The maximum atomic E-state index is 13.0. The van der Waals surface area contributed by atoms with Crippen molar-refractivity contribution in [3.63, 3.8) is 0 Å². The maximum absolute atomic E-state index is 13.0. The molecule has 1 aromatic carbocycles. The van der Waals surface area contributed by atoms with E-state index in [0.29, 0.717) is 39.0 Å². The summed E-state index contributed by atoms with van der Waals surface area (Å²) in [6, 6.07) is 3.90. The molecule has 0 aromatic heterocycles. The van der Waals surface area contributed by atoms with Gasteiger partial charge in [-0.05, 0) is 49.6 Å². The summed E-state index contributed by atoms with van der Waals surface area (Å²) in [6.45, 7) is 7.03. The lowest BCUT2D eigenvalue weighted by molar-refractivity contribution is -0.155. The fourth-order valence-electron chi connectivity index (χ4n) is 4.66.